The van der Waals surface area contributed by atoms with Gasteiger partial charge in [-0.1, -0.05) is 62.4 Å². The molecular weight excluding hydrogens is 332 g/mol. The second-order valence-corrected chi connectivity index (χ2v) is 8.40. The third kappa shape index (κ3) is 3.68. The number of anilines is 2. The molecule has 0 spiro atoms. The maximum absolute atomic E-state index is 13.1. The van der Waals surface area contributed by atoms with Gasteiger partial charge < -0.3 is 10.6 Å². The fourth-order valence-corrected chi connectivity index (χ4v) is 4.01. The molecule has 0 aromatic heterocycles. The number of Topliss-reactive ketones (excluding diaryl/α,β-unsaturated/α-hetero) is 1. The van der Waals surface area contributed by atoms with Crippen molar-refractivity contribution in [3.05, 3.63) is 77.0 Å². The van der Waals surface area contributed by atoms with E-state index in [9.17, 15) is 4.79 Å². The molecule has 0 saturated carbocycles. The lowest BCUT2D eigenvalue weighted by Gasteiger charge is -2.33. The molecule has 1 aliphatic carbocycles. The summed E-state index contributed by atoms with van der Waals surface area (Å²) in [5.41, 5.74) is 6.30. The molecular formula is C24H26N2O. The monoisotopic (exact) mass is 358 g/mol. The van der Waals surface area contributed by atoms with E-state index >= 15 is 0 Å². The highest BCUT2D eigenvalue weighted by Gasteiger charge is 2.37. The quantitative estimate of drug-likeness (QED) is 0.739. The molecule has 27 heavy (non-hydrogen) atoms. The molecule has 0 fully saturated rings. The van der Waals surface area contributed by atoms with Crippen LogP contribution in [-0.2, 0) is 4.79 Å². The van der Waals surface area contributed by atoms with Crippen LogP contribution in [0.15, 0.2) is 65.9 Å². The van der Waals surface area contributed by atoms with Gasteiger partial charge in [-0.05, 0) is 42.0 Å². The first kappa shape index (κ1) is 17.6. The topological polar surface area (TPSA) is 41.1 Å². The number of hydrogen-bond acceptors (Lipinski definition) is 3. The molecule has 0 radical (unpaired) electrons. The van der Waals surface area contributed by atoms with E-state index in [0.717, 1.165) is 34.6 Å². The summed E-state index contributed by atoms with van der Waals surface area (Å²) < 4.78 is 0. The Labute approximate surface area is 161 Å². The van der Waals surface area contributed by atoms with Gasteiger partial charge in [0, 0.05) is 17.7 Å². The van der Waals surface area contributed by atoms with Crippen molar-refractivity contribution in [2.75, 3.05) is 10.6 Å². The van der Waals surface area contributed by atoms with E-state index in [0.29, 0.717) is 6.42 Å². The Hall–Kier alpha value is -2.81. The minimum absolute atomic E-state index is 0.0220. The Morgan fingerprint density at radius 1 is 1.04 bits per heavy atom. The fraction of sp³-hybridized carbons (Fsp3) is 0.292. The van der Waals surface area contributed by atoms with E-state index in [1.54, 1.807) is 0 Å². The first-order chi connectivity index (χ1) is 12.9. The predicted molar refractivity (Wildman–Crippen MR) is 113 cm³/mol. The van der Waals surface area contributed by atoms with Crippen LogP contribution in [0.4, 0.5) is 11.4 Å². The molecule has 138 valence electrons. The first-order valence-corrected chi connectivity index (χ1v) is 9.55. The SMILES string of the molecule is Cc1ccc2c(c1)NC(C=Cc1ccccc1)C1=C(CC(C)(C)CC1=O)N2. The van der Waals surface area contributed by atoms with Gasteiger partial charge in [-0.3, -0.25) is 4.79 Å². The van der Waals surface area contributed by atoms with Gasteiger partial charge in [0.1, 0.15) is 0 Å². The van der Waals surface area contributed by atoms with Crippen molar-refractivity contribution in [2.24, 2.45) is 5.41 Å². The van der Waals surface area contributed by atoms with Crippen LogP contribution in [0.25, 0.3) is 6.08 Å². The van der Waals surface area contributed by atoms with Gasteiger partial charge >= 0.3 is 0 Å². The Balaban J connectivity index is 1.78. The Kier molecular flexibility index (Phi) is 4.39. The summed E-state index contributed by atoms with van der Waals surface area (Å²) in [7, 11) is 0. The average Bonchev–Trinajstić information content (AvgIpc) is 2.75. The number of nitrogens with one attached hydrogen (secondary N) is 2. The summed E-state index contributed by atoms with van der Waals surface area (Å²) in [5, 5.41) is 7.16. The lowest BCUT2D eigenvalue weighted by atomic mass is 9.74. The number of rotatable bonds is 2. The zero-order valence-electron chi connectivity index (χ0n) is 16.2. The highest BCUT2D eigenvalue weighted by molar-refractivity contribution is 6.01. The van der Waals surface area contributed by atoms with Crippen molar-refractivity contribution in [3.8, 4) is 0 Å². The fourth-order valence-electron chi connectivity index (χ4n) is 4.01. The van der Waals surface area contributed by atoms with E-state index in [1.807, 2.05) is 18.2 Å². The van der Waals surface area contributed by atoms with Crippen molar-refractivity contribution in [1.29, 1.82) is 0 Å². The highest BCUT2D eigenvalue weighted by Crippen LogP contribution is 2.42. The van der Waals surface area contributed by atoms with Crippen LogP contribution < -0.4 is 10.6 Å². The van der Waals surface area contributed by atoms with Gasteiger partial charge in [0.25, 0.3) is 0 Å². The molecule has 1 unspecified atom stereocenters. The lowest BCUT2D eigenvalue weighted by Crippen LogP contribution is -2.34. The van der Waals surface area contributed by atoms with Crippen LogP contribution in [-0.4, -0.2) is 11.8 Å². The third-order valence-corrected chi connectivity index (χ3v) is 5.28. The zero-order valence-corrected chi connectivity index (χ0v) is 16.2. The number of hydrogen-bond donors (Lipinski definition) is 2. The van der Waals surface area contributed by atoms with Crippen molar-refractivity contribution in [2.45, 2.75) is 39.7 Å². The van der Waals surface area contributed by atoms with E-state index in [-0.39, 0.29) is 17.2 Å². The summed E-state index contributed by atoms with van der Waals surface area (Å²) >= 11 is 0. The molecule has 1 aliphatic heterocycles. The van der Waals surface area contributed by atoms with Gasteiger partial charge in [0.2, 0.25) is 0 Å². The van der Waals surface area contributed by atoms with Crippen LogP contribution in [0.1, 0.15) is 37.8 Å². The van der Waals surface area contributed by atoms with Crippen molar-refractivity contribution < 1.29 is 4.79 Å². The predicted octanol–water partition coefficient (Wildman–Crippen LogP) is 5.56. The molecule has 2 aromatic carbocycles. The largest absolute Gasteiger partial charge is 0.373 e. The van der Waals surface area contributed by atoms with Gasteiger partial charge in [-0.15, -0.1) is 0 Å². The lowest BCUT2D eigenvalue weighted by molar-refractivity contribution is -0.118. The van der Waals surface area contributed by atoms with Gasteiger partial charge in [0.15, 0.2) is 5.78 Å². The number of carbonyl (C=O) groups is 1. The Morgan fingerprint density at radius 3 is 2.59 bits per heavy atom. The van der Waals surface area contributed by atoms with E-state index in [2.05, 4.69) is 73.9 Å². The van der Waals surface area contributed by atoms with Crippen LogP contribution in [0.2, 0.25) is 0 Å². The number of benzene rings is 2. The summed E-state index contributed by atoms with van der Waals surface area (Å²) in [6, 6.07) is 16.4. The molecule has 2 aromatic rings. The molecule has 1 heterocycles. The number of allylic oxidation sites excluding steroid dienone is 1. The van der Waals surface area contributed by atoms with E-state index in [1.165, 1.54) is 5.56 Å². The summed E-state index contributed by atoms with van der Waals surface area (Å²) in [4.78, 5) is 13.1. The highest BCUT2D eigenvalue weighted by atomic mass is 16.1. The molecule has 2 N–H and O–H groups in total. The zero-order chi connectivity index (χ0) is 19.0. The smallest absolute Gasteiger partial charge is 0.163 e. The average molecular weight is 358 g/mol. The maximum atomic E-state index is 13.1. The summed E-state index contributed by atoms with van der Waals surface area (Å²) in [6.07, 6.45) is 5.66. The second-order valence-electron chi connectivity index (χ2n) is 8.40. The van der Waals surface area contributed by atoms with Crippen molar-refractivity contribution in [1.82, 2.24) is 0 Å². The van der Waals surface area contributed by atoms with Gasteiger partial charge in [-0.2, -0.15) is 0 Å². The Morgan fingerprint density at radius 2 is 1.81 bits per heavy atom. The second kappa shape index (κ2) is 6.73. The van der Waals surface area contributed by atoms with Crippen LogP contribution in [0.5, 0.6) is 0 Å². The number of ketones is 1. The molecule has 3 heteroatoms. The first-order valence-electron chi connectivity index (χ1n) is 9.55. The standard InChI is InChI=1S/C24H26N2O/c1-16-9-11-18-20(13-16)26-19(12-10-17-7-5-4-6-8-17)23-21(25-18)14-24(2,3)15-22(23)27/h4-13,19,25-26H,14-15H2,1-3H3. The molecule has 0 bridgehead atoms. The molecule has 2 aliphatic rings. The number of carbonyl (C=O) groups excluding carboxylic acids is 1. The van der Waals surface area contributed by atoms with Crippen LogP contribution in [0.3, 0.4) is 0 Å². The molecule has 1 atom stereocenters. The third-order valence-electron chi connectivity index (χ3n) is 5.28. The molecule has 3 nitrogen and oxygen atoms in total. The van der Waals surface area contributed by atoms with Crippen molar-refractivity contribution in [3.63, 3.8) is 0 Å². The minimum Gasteiger partial charge on any atom is -0.373 e. The maximum Gasteiger partial charge on any atom is 0.163 e. The van der Waals surface area contributed by atoms with Crippen LogP contribution >= 0.6 is 0 Å². The van der Waals surface area contributed by atoms with E-state index in [4.69, 9.17) is 0 Å². The summed E-state index contributed by atoms with van der Waals surface area (Å²) in [6.45, 7) is 6.42. The van der Waals surface area contributed by atoms with Gasteiger partial charge in [-0.25, -0.2) is 0 Å². The summed E-state index contributed by atoms with van der Waals surface area (Å²) in [5.74, 6) is 0.230. The molecule has 0 saturated heterocycles. The van der Waals surface area contributed by atoms with Crippen molar-refractivity contribution >= 4 is 23.2 Å². The number of aryl methyl sites for hydroxylation is 1. The normalized spacial score (nSPS) is 21.1. The number of fused-ring (bicyclic) bond motifs is 1. The van der Waals surface area contributed by atoms with Crippen LogP contribution in [0, 0.1) is 12.3 Å². The van der Waals surface area contributed by atoms with E-state index < -0.39 is 0 Å². The van der Waals surface area contributed by atoms with Gasteiger partial charge in [0.05, 0.1) is 17.4 Å². The molecule has 0 amide bonds. The molecule has 4 rings (SSSR count). The Bertz CT molecular complexity index is 938. The minimum atomic E-state index is -0.139.